The van der Waals surface area contributed by atoms with E-state index in [-0.39, 0.29) is 24.5 Å². The van der Waals surface area contributed by atoms with Gasteiger partial charge in [0.15, 0.2) is 0 Å². The predicted molar refractivity (Wildman–Crippen MR) is 82.9 cm³/mol. The van der Waals surface area contributed by atoms with Crippen LogP contribution in [0.4, 0.5) is 0 Å². The highest BCUT2D eigenvalue weighted by Gasteiger charge is 2.37. The highest BCUT2D eigenvalue weighted by atomic mass is 16.5. The van der Waals surface area contributed by atoms with Gasteiger partial charge in [0.25, 0.3) is 0 Å². The molecule has 1 fully saturated rings. The van der Waals surface area contributed by atoms with Crippen LogP contribution in [0, 0.1) is 0 Å². The van der Waals surface area contributed by atoms with Crippen LogP contribution in [-0.4, -0.2) is 48.5 Å². The number of likely N-dealkylation sites (N-methyl/N-ethyl adjacent to an activating group) is 1. The van der Waals surface area contributed by atoms with Gasteiger partial charge in [-0.05, 0) is 18.9 Å². The molecule has 1 saturated heterocycles. The molecular weight excluding hydrogens is 282 g/mol. The molecule has 0 aliphatic carbocycles. The second-order valence-corrected chi connectivity index (χ2v) is 5.43. The fourth-order valence-corrected chi connectivity index (χ4v) is 2.60. The van der Waals surface area contributed by atoms with E-state index >= 15 is 0 Å². The Morgan fingerprint density at radius 2 is 2.09 bits per heavy atom. The summed E-state index contributed by atoms with van der Waals surface area (Å²) in [5.41, 5.74) is 6.90. The maximum Gasteiger partial charge on any atom is 0.249 e. The maximum atomic E-state index is 12.3. The van der Waals surface area contributed by atoms with Crippen molar-refractivity contribution >= 4 is 11.8 Å². The minimum Gasteiger partial charge on any atom is -0.367 e. The number of carbonyl (C=O) groups is 2. The smallest absolute Gasteiger partial charge is 0.249 e. The molecule has 2 rings (SSSR count). The van der Waals surface area contributed by atoms with Crippen molar-refractivity contribution in [1.82, 2.24) is 10.2 Å². The van der Waals surface area contributed by atoms with Crippen LogP contribution in [-0.2, 0) is 20.9 Å². The Hall–Kier alpha value is -1.92. The molecular formula is C16H23N3O3. The zero-order valence-corrected chi connectivity index (χ0v) is 12.8. The van der Waals surface area contributed by atoms with Crippen LogP contribution < -0.4 is 11.1 Å². The molecule has 0 spiro atoms. The molecule has 0 unspecified atom stereocenters. The molecule has 22 heavy (non-hydrogen) atoms. The molecule has 120 valence electrons. The predicted octanol–water partition coefficient (Wildman–Crippen LogP) is 0.268. The largest absolute Gasteiger partial charge is 0.367 e. The van der Waals surface area contributed by atoms with E-state index in [0.29, 0.717) is 26.1 Å². The molecule has 1 aromatic carbocycles. The highest BCUT2D eigenvalue weighted by Crippen LogP contribution is 2.17. The number of nitrogens with one attached hydrogen (secondary N) is 1. The highest BCUT2D eigenvalue weighted by molar-refractivity contribution is 5.88. The first-order chi connectivity index (χ1) is 10.6. The Labute approximate surface area is 130 Å². The maximum absolute atomic E-state index is 12.3. The second-order valence-electron chi connectivity index (χ2n) is 5.43. The average molecular weight is 305 g/mol. The zero-order chi connectivity index (χ0) is 15.9. The summed E-state index contributed by atoms with van der Waals surface area (Å²) in [6, 6.07) is 9.00. The summed E-state index contributed by atoms with van der Waals surface area (Å²) in [6.45, 7) is 3.12. The van der Waals surface area contributed by atoms with E-state index in [1.165, 1.54) is 4.90 Å². The Bertz CT molecular complexity index is 507. The summed E-state index contributed by atoms with van der Waals surface area (Å²) in [5, 5.41) is 2.75. The van der Waals surface area contributed by atoms with Gasteiger partial charge in [0.2, 0.25) is 11.8 Å². The van der Waals surface area contributed by atoms with Gasteiger partial charge in [-0.3, -0.25) is 9.59 Å². The molecule has 1 heterocycles. The molecule has 0 aromatic heterocycles. The van der Waals surface area contributed by atoms with E-state index in [4.69, 9.17) is 10.5 Å². The summed E-state index contributed by atoms with van der Waals surface area (Å²) in [7, 11) is 0. The van der Waals surface area contributed by atoms with Gasteiger partial charge < -0.3 is 20.7 Å². The number of likely N-dealkylation sites (tertiary alicyclic amines) is 1. The first-order valence-electron chi connectivity index (χ1n) is 7.56. The number of benzene rings is 1. The van der Waals surface area contributed by atoms with E-state index < -0.39 is 6.04 Å². The molecule has 6 nitrogen and oxygen atoms in total. The Morgan fingerprint density at radius 1 is 1.36 bits per heavy atom. The monoisotopic (exact) mass is 305 g/mol. The van der Waals surface area contributed by atoms with Gasteiger partial charge in [0, 0.05) is 19.1 Å². The Balaban J connectivity index is 1.86. The zero-order valence-electron chi connectivity index (χ0n) is 12.8. The molecule has 3 N–H and O–H groups in total. The van der Waals surface area contributed by atoms with Gasteiger partial charge in [-0.1, -0.05) is 30.3 Å². The van der Waals surface area contributed by atoms with Crippen LogP contribution in [0.5, 0.6) is 0 Å². The fourth-order valence-electron chi connectivity index (χ4n) is 2.60. The molecule has 2 amide bonds. The Kier molecular flexibility index (Phi) is 5.91. The molecule has 6 heteroatoms. The van der Waals surface area contributed by atoms with E-state index in [1.54, 1.807) is 0 Å². The number of ether oxygens (including phenoxy) is 1. The SMILES string of the molecule is CCNC(=O)[C@@H]1C[C@H](N)CN1C(=O)COCc1ccccc1. The fraction of sp³-hybridized carbons (Fsp3) is 0.500. The lowest BCUT2D eigenvalue weighted by Crippen LogP contribution is -2.47. The van der Waals surface area contributed by atoms with Crippen molar-refractivity contribution in [1.29, 1.82) is 0 Å². The number of rotatable bonds is 6. The summed E-state index contributed by atoms with van der Waals surface area (Å²) in [4.78, 5) is 25.8. The van der Waals surface area contributed by atoms with Crippen LogP contribution in [0.1, 0.15) is 18.9 Å². The summed E-state index contributed by atoms with van der Waals surface area (Å²) in [6.07, 6.45) is 0.496. The number of hydrogen-bond acceptors (Lipinski definition) is 4. The lowest BCUT2D eigenvalue weighted by Gasteiger charge is -2.23. The van der Waals surface area contributed by atoms with Gasteiger partial charge in [-0.2, -0.15) is 0 Å². The molecule has 1 aromatic rings. The van der Waals surface area contributed by atoms with E-state index in [1.807, 2.05) is 37.3 Å². The standard InChI is InChI=1S/C16H23N3O3/c1-2-18-16(21)14-8-13(17)9-19(14)15(20)11-22-10-12-6-4-3-5-7-12/h3-7,13-14H,2,8-11,17H2,1H3,(H,18,21)/t13-,14-/m0/s1. The number of carbonyl (C=O) groups excluding carboxylic acids is 2. The van der Waals surface area contributed by atoms with Crippen molar-refractivity contribution < 1.29 is 14.3 Å². The molecule has 2 atom stereocenters. The first-order valence-corrected chi connectivity index (χ1v) is 7.56. The van der Waals surface area contributed by atoms with Crippen LogP contribution in [0.25, 0.3) is 0 Å². The van der Waals surface area contributed by atoms with Crippen molar-refractivity contribution in [2.45, 2.75) is 32.0 Å². The van der Waals surface area contributed by atoms with Crippen LogP contribution >= 0.6 is 0 Å². The van der Waals surface area contributed by atoms with E-state index in [2.05, 4.69) is 5.32 Å². The van der Waals surface area contributed by atoms with Crippen LogP contribution in [0.2, 0.25) is 0 Å². The Morgan fingerprint density at radius 3 is 2.77 bits per heavy atom. The van der Waals surface area contributed by atoms with E-state index in [9.17, 15) is 9.59 Å². The quantitative estimate of drug-likeness (QED) is 0.790. The van der Waals surface area contributed by atoms with Gasteiger partial charge in [-0.25, -0.2) is 0 Å². The van der Waals surface area contributed by atoms with E-state index in [0.717, 1.165) is 5.56 Å². The molecule has 0 radical (unpaired) electrons. The van der Waals surface area contributed by atoms with Crippen molar-refractivity contribution in [3.05, 3.63) is 35.9 Å². The van der Waals surface area contributed by atoms with Gasteiger partial charge in [0.05, 0.1) is 6.61 Å². The normalized spacial score (nSPS) is 20.9. The molecule has 0 saturated carbocycles. The topological polar surface area (TPSA) is 84.7 Å². The molecule has 0 bridgehead atoms. The number of nitrogens with zero attached hydrogens (tertiary/aromatic N) is 1. The third-order valence-corrected chi connectivity index (χ3v) is 3.64. The average Bonchev–Trinajstić information content (AvgIpc) is 2.91. The number of hydrogen-bond donors (Lipinski definition) is 2. The van der Waals surface area contributed by atoms with Gasteiger partial charge >= 0.3 is 0 Å². The number of nitrogens with two attached hydrogens (primary N) is 1. The summed E-state index contributed by atoms with van der Waals surface area (Å²) < 4.78 is 5.45. The summed E-state index contributed by atoms with van der Waals surface area (Å²) in [5.74, 6) is -0.341. The first kappa shape index (κ1) is 16.5. The summed E-state index contributed by atoms with van der Waals surface area (Å²) >= 11 is 0. The van der Waals surface area contributed by atoms with Crippen molar-refractivity contribution in [3.8, 4) is 0 Å². The lowest BCUT2D eigenvalue weighted by atomic mass is 10.1. The van der Waals surface area contributed by atoms with Crippen LogP contribution in [0.15, 0.2) is 30.3 Å². The molecule has 1 aliphatic rings. The van der Waals surface area contributed by atoms with Crippen LogP contribution in [0.3, 0.4) is 0 Å². The van der Waals surface area contributed by atoms with Crippen molar-refractivity contribution in [2.75, 3.05) is 19.7 Å². The minimum absolute atomic E-state index is 0.0441. The second kappa shape index (κ2) is 7.91. The molecule has 1 aliphatic heterocycles. The third kappa shape index (κ3) is 4.29. The lowest BCUT2D eigenvalue weighted by molar-refractivity contribution is -0.142. The van der Waals surface area contributed by atoms with Gasteiger partial charge in [0.1, 0.15) is 12.6 Å². The van der Waals surface area contributed by atoms with Crippen molar-refractivity contribution in [3.63, 3.8) is 0 Å². The number of amides is 2. The van der Waals surface area contributed by atoms with Crippen molar-refractivity contribution in [2.24, 2.45) is 5.73 Å². The minimum atomic E-state index is -0.484. The third-order valence-electron chi connectivity index (χ3n) is 3.64. The van der Waals surface area contributed by atoms with Gasteiger partial charge in [-0.15, -0.1) is 0 Å².